The Labute approximate surface area is 235 Å². The summed E-state index contributed by atoms with van der Waals surface area (Å²) < 4.78 is 36.6. The van der Waals surface area contributed by atoms with Crippen molar-refractivity contribution in [3.63, 3.8) is 0 Å². The van der Waals surface area contributed by atoms with Crippen LogP contribution in [0.2, 0.25) is 0 Å². The van der Waals surface area contributed by atoms with Gasteiger partial charge in [0.25, 0.3) is 5.91 Å². The third kappa shape index (κ3) is 4.50. The molecule has 1 saturated carbocycles. The number of pyridine rings is 2. The van der Waals surface area contributed by atoms with Crippen LogP contribution in [0.4, 0.5) is 20.2 Å². The molecular weight excluding hydrogens is 528 g/mol. The molecule has 2 aliphatic carbocycles. The lowest BCUT2D eigenvalue weighted by Crippen LogP contribution is -2.46. The van der Waals surface area contributed by atoms with E-state index in [1.807, 2.05) is 6.07 Å². The van der Waals surface area contributed by atoms with Crippen LogP contribution in [0.15, 0.2) is 42.7 Å². The first kappa shape index (κ1) is 26.2. The maximum Gasteiger partial charge on any atom is 0.276 e. The molecule has 3 aliphatic heterocycles. The molecule has 8 rings (SSSR count). The van der Waals surface area contributed by atoms with Gasteiger partial charge in [-0.05, 0) is 90.3 Å². The lowest BCUT2D eigenvalue weighted by molar-refractivity contribution is -0.184. The zero-order valence-corrected chi connectivity index (χ0v) is 22.4. The van der Waals surface area contributed by atoms with Gasteiger partial charge in [0.2, 0.25) is 0 Å². The number of halogens is 2. The monoisotopic (exact) mass is 559 g/mol. The second-order valence-electron chi connectivity index (χ2n) is 12.0. The topological polar surface area (TPSA) is 136 Å². The van der Waals surface area contributed by atoms with Crippen molar-refractivity contribution >= 4 is 22.9 Å². The molecule has 5 aliphatic rings. The fourth-order valence-corrected chi connectivity index (χ4v) is 6.98. The number of ether oxygens (including phenoxy) is 1. The Kier molecular flexibility index (Phi) is 6.18. The van der Waals surface area contributed by atoms with Gasteiger partial charge in [0.05, 0.1) is 30.8 Å². The molecule has 1 aromatic carbocycles. The molecule has 2 fully saturated rings. The number of aromatic nitrogens is 2. The van der Waals surface area contributed by atoms with Crippen molar-refractivity contribution in [2.75, 3.05) is 24.3 Å². The summed E-state index contributed by atoms with van der Waals surface area (Å²) in [4.78, 5) is 22.0. The lowest BCUT2D eigenvalue weighted by atomic mass is 9.69. The number of nitrogen functional groups attached to an aromatic ring is 1. The highest BCUT2D eigenvalue weighted by Crippen LogP contribution is 2.48. The molecule has 1 saturated heterocycles. The fourth-order valence-electron chi connectivity index (χ4n) is 6.98. The third-order valence-corrected chi connectivity index (χ3v) is 9.05. The molecule has 5 heterocycles. The summed E-state index contributed by atoms with van der Waals surface area (Å²) in [5.41, 5.74) is 13.6. The Balaban J connectivity index is 1.41. The number of aliphatic hydroxyl groups is 1. The minimum absolute atomic E-state index is 0.0256. The SMILES string of the molecule is Nc1cc(F)c2nc1C(=O)Nc1cnccc1[C@H]1C[C@@H](N)C[C@@H](C[C@@H]3C=C(C3)c3cc(C4(O)COC4)cc(F)c3-2)C1. The number of nitrogens with one attached hydrogen (secondary N) is 1. The van der Waals surface area contributed by atoms with Crippen LogP contribution in [0.1, 0.15) is 65.2 Å². The van der Waals surface area contributed by atoms with Crippen molar-refractivity contribution in [3.8, 4) is 11.3 Å². The number of carbonyl (C=O) groups is 1. The Morgan fingerprint density at radius 2 is 1.88 bits per heavy atom. The molecule has 2 aromatic heterocycles. The molecule has 4 atom stereocenters. The van der Waals surface area contributed by atoms with E-state index in [0.29, 0.717) is 29.2 Å². The third-order valence-electron chi connectivity index (χ3n) is 9.05. The predicted octanol–water partition coefficient (Wildman–Crippen LogP) is 4.49. The number of hydrogen-bond acceptors (Lipinski definition) is 7. The zero-order valence-electron chi connectivity index (χ0n) is 22.4. The molecule has 8 nitrogen and oxygen atoms in total. The number of fused-ring (bicyclic) bond motifs is 1. The molecular formula is C31H31F2N5O3. The summed E-state index contributed by atoms with van der Waals surface area (Å²) in [6.45, 7) is 0.0935. The van der Waals surface area contributed by atoms with E-state index in [0.717, 1.165) is 42.9 Å². The van der Waals surface area contributed by atoms with Crippen molar-refractivity contribution in [3.05, 3.63) is 76.8 Å². The van der Waals surface area contributed by atoms with Gasteiger partial charge in [0.1, 0.15) is 17.1 Å². The number of hydrogen-bond donors (Lipinski definition) is 4. The van der Waals surface area contributed by atoms with Gasteiger partial charge in [-0.25, -0.2) is 13.8 Å². The van der Waals surface area contributed by atoms with Gasteiger partial charge in [0.15, 0.2) is 11.5 Å². The molecule has 6 N–H and O–H groups in total. The van der Waals surface area contributed by atoms with Crippen molar-refractivity contribution in [2.24, 2.45) is 17.6 Å². The van der Waals surface area contributed by atoms with Crippen LogP contribution >= 0.6 is 0 Å². The normalized spacial score (nSPS) is 26.4. The van der Waals surface area contributed by atoms with Crippen molar-refractivity contribution in [1.29, 1.82) is 0 Å². The summed E-state index contributed by atoms with van der Waals surface area (Å²) in [5, 5.41) is 13.8. The van der Waals surface area contributed by atoms with E-state index in [1.54, 1.807) is 18.5 Å². The van der Waals surface area contributed by atoms with E-state index in [4.69, 9.17) is 16.2 Å². The predicted molar refractivity (Wildman–Crippen MR) is 150 cm³/mol. The van der Waals surface area contributed by atoms with Crippen LogP contribution in [0.5, 0.6) is 0 Å². The van der Waals surface area contributed by atoms with Gasteiger partial charge in [-0.1, -0.05) is 6.08 Å². The second kappa shape index (κ2) is 9.68. The number of nitrogens with two attached hydrogens (primary N) is 2. The van der Waals surface area contributed by atoms with E-state index in [9.17, 15) is 9.90 Å². The summed E-state index contributed by atoms with van der Waals surface area (Å²) >= 11 is 0. The molecule has 1 amide bonds. The quantitative estimate of drug-likeness (QED) is 0.345. The van der Waals surface area contributed by atoms with Gasteiger partial charge in [-0.15, -0.1) is 0 Å². The average Bonchev–Trinajstić information content (AvgIpc) is 2.89. The number of anilines is 2. The van der Waals surface area contributed by atoms with Crippen LogP contribution < -0.4 is 16.8 Å². The second-order valence-corrected chi connectivity index (χ2v) is 12.0. The number of nitrogens with zero attached hydrogens (tertiary/aromatic N) is 2. The Morgan fingerprint density at radius 3 is 2.63 bits per heavy atom. The highest BCUT2D eigenvalue weighted by atomic mass is 19.1. The van der Waals surface area contributed by atoms with Gasteiger partial charge in [-0.2, -0.15) is 0 Å². The molecule has 0 spiro atoms. The number of rotatable bonds is 1. The molecule has 3 aromatic rings. The first-order chi connectivity index (χ1) is 19.7. The first-order valence-corrected chi connectivity index (χ1v) is 14.0. The largest absolute Gasteiger partial charge is 0.397 e. The molecule has 6 bridgehead atoms. The van der Waals surface area contributed by atoms with Crippen LogP contribution in [0, 0.1) is 23.5 Å². The number of amides is 1. The van der Waals surface area contributed by atoms with E-state index in [-0.39, 0.29) is 53.7 Å². The summed E-state index contributed by atoms with van der Waals surface area (Å²) in [7, 11) is 0. The highest BCUT2D eigenvalue weighted by Gasteiger charge is 2.40. The summed E-state index contributed by atoms with van der Waals surface area (Å²) in [6, 6.07) is 5.81. The molecule has 10 heteroatoms. The minimum Gasteiger partial charge on any atom is -0.397 e. The smallest absolute Gasteiger partial charge is 0.276 e. The Morgan fingerprint density at radius 1 is 1.07 bits per heavy atom. The van der Waals surface area contributed by atoms with Crippen LogP contribution in [0.3, 0.4) is 0 Å². The standard InChI is InChI=1S/C31H31F2N5O3/c32-23-10-19(31(40)13-41-14-31)9-22-17-4-15(5-17)3-16-6-18(8-20(34)7-16)21-1-2-36-12-26(21)37-30(39)29-25(35)11-24(33)28(38-29)27(22)23/h1-2,4,9-12,15-16,18,20,40H,3,5-8,13-14,34-35H2,(H,37,39)/t15-,16+,18-,20+/m1/s1. The summed E-state index contributed by atoms with van der Waals surface area (Å²) in [5.74, 6) is -1.48. The van der Waals surface area contributed by atoms with Gasteiger partial charge in [0, 0.05) is 23.9 Å². The van der Waals surface area contributed by atoms with E-state index < -0.39 is 23.1 Å². The van der Waals surface area contributed by atoms with Crippen LogP contribution in [0.25, 0.3) is 16.8 Å². The van der Waals surface area contributed by atoms with E-state index >= 15 is 8.78 Å². The average molecular weight is 560 g/mol. The zero-order chi connectivity index (χ0) is 28.5. The molecule has 0 unspecified atom stereocenters. The number of carbonyl (C=O) groups excluding carboxylic acids is 1. The molecule has 41 heavy (non-hydrogen) atoms. The molecule has 0 radical (unpaired) electrons. The fraction of sp³-hybridized carbons (Fsp3) is 0.387. The van der Waals surface area contributed by atoms with Crippen molar-refractivity contribution < 1.29 is 23.4 Å². The summed E-state index contributed by atoms with van der Waals surface area (Å²) in [6.07, 6.45) is 9.59. The van der Waals surface area contributed by atoms with Gasteiger partial charge < -0.3 is 26.6 Å². The van der Waals surface area contributed by atoms with Crippen molar-refractivity contribution in [1.82, 2.24) is 9.97 Å². The van der Waals surface area contributed by atoms with Gasteiger partial charge in [-0.3, -0.25) is 9.78 Å². The number of benzene rings is 1. The molecule has 212 valence electrons. The lowest BCUT2D eigenvalue weighted by Gasteiger charge is -2.39. The maximum atomic E-state index is 15.9. The number of allylic oxidation sites excluding steroid dienone is 2. The van der Waals surface area contributed by atoms with Gasteiger partial charge >= 0.3 is 0 Å². The maximum absolute atomic E-state index is 15.9. The van der Waals surface area contributed by atoms with Crippen LogP contribution in [-0.4, -0.2) is 40.2 Å². The Hall–Kier alpha value is -3.73. The van der Waals surface area contributed by atoms with E-state index in [2.05, 4.69) is 21.4 Å². The Bertz CT molecular complexity index is 1600. The first-order valence-electron chi connectivity index (χ1n) is 14.0. The van der Waals surface area contributed by atoms with E-state index in [1.165, 1.54) is 6.07 Å². The minimum atomic E-state index is -1.32. The highest BCUT2D eigenvalue weighted by molar-refractivity contribution is 6.07. The van der Waals surface area contributed by atoms with Crippen LogP contribution in [-0.2, 0) is 10.3 Å². The van der Waals surface area contributed by atoms with Crippen molar-refractivity contribution in [2.45, 2.75) is 49.7 Å².